The SMILES string of the molecule is CCOc1ccc(NC(=O)NC2CCc3nn(CCC(C)C)c(=O)n3CC2)cc1. The third-order valence-electron chi connectivity index (χ3n) is 5.09. The number of carbonyl (C=O) groups excluding carboxylic acids is 1. The van der Waals surface area contributed by atoms with Crippen molar-refractivity contribution in [1.82, 2.24) is 19.7 Å². The number of hydrogen-bond donors (Lipinski definition) is 2. The van der Waals surface area contributed by atoms with E-state index >= 15 is 0 Å². The van der Waals surface area contributed by atoms with Gasteiger partial charge in [-0.2, -0.15) is 5.10 Å². The Balaban J connectivity index is 1.53. The summed E-state index contributed by atoms with van der Waals surface area (Å²) in [4.78, 5) is 24.9. The second-order valence-electron chi connectivity index (χ2n) is 7.84. The van der Waals surface area contributed by atoms with Gasteiger partial charge in [0.05, 0.1) is 6.61 Å². The van der Waals surface area contributed by atoms with Crippen molar-refractivity contribution in [3.8, 4) is 5.75 Å². The first kappa shape index (κ1) is 21.0. The van der Waals surface area contributed by atoms with Crippen molar-refractivity contribution in [3.63, 3.8) is 0 Å². The molecule has 1 unspecified atom stereocenters. The van der Waals surface area contributed by atoms with Gasteiger partial charge >= 0.3 is 11.7 Å². The largest absolute Gasteiger partial charge is 0.494 e. The van der Waals surface area contributed by atoms with E-state index in [9.17, 15) is 9.59 Å². The summed E-state index contributed by atoms with van der Waals surface area (Å²) in [7, 11) is 0. The second-order valence-corrected chi connectivity index (χ2v) is 7.84. The summed E-state index contributed by atoms with van der Waals surface area (Å²) in [6, 6.07) is 7.04. The van der Waals surface area contributed by atoms with E-state index in [1.54, 1.807) is 9.25 Å². The smallest absolute Gasteiger partial charge is 0.345 e. The lowest BCUT2D eigenvalue weighted by atomic mass is 10.1. The summed E-state index contributed by atoms with van der Waals surface area (Å²) in [5.74, 6) is 2.12. The van der Waals surface area contributed by atoms with E-state index in [1.165, 1.54) is 0 Å². The molecule has 1 aromatic heterocycles. The van der Waals surface area contributed by atoms with Crippen molar-refractivity contribution in [2.75, 3.05) is 11.9 Å². The number of urea groups is 1. The fourth-order valence-corrected chi connectivity index (χ4v) is 3.45. The van der Waals surface area contributed by atoms with E-state index in [0.29, 0.717) is 44.1 Å². The Bertz CT molecular complexity index is 869. The topological polar surface area (TPSA) is 90.2 Å². The standard InChI is InChI=1S/C21H31N5O3/c1-4-29-18-8-5-16(6-9-18)22-20(27)23-17-7-10-19-24-26(14-11-15(2)3)21(28)25(19)13-12-17/h5-6,8-9,15,17H,4,7,10-14H2,1-3H3,(H2,22,23,27). The highest BCUT2D eigenvalue weighted by molar-refractivity contribution is 5.89. The van der Waals surface area contributed by atoms with E-state index in [4.69, 9.17) is 4.74 Å². The average Bonchev–Trinajstić information content (AvgIpc) is 2.85. The highest BCUT2D eigenvalue weighted by Crippen LogP contribution is 2.16. The number of benzene rings is 1. The van der Waals surface area contributed by atoms with Crippen LogP contribution in [0.3, 0.4) is 0 Å². The molecule has 8 heteroatoms. The molecule has 1 atom stereocenters. The maximum Gasteiger partial charge on any atom is 0.345 e. The van der Waals surface area contributed by atoms with Crippen LogP contribution in [-0.2, 0) is 19.5 Å². The molecule has 1 aliphatic heterocycles. The Morgan fingerprint density at radius 2 is 2.03 bits per heavy atom. The van der Waals surface area contributed by atoms with Gasteiger partial charge in [-0.1, -0.05) is 13.8 Å². The fraction of sp³-hybridized carbons (Fsp3) is 0.571. The van der Waals surface area contributed by atoms with Crippen LogP contribution < -0.4 is 21.1 Å². The number of rotatable bonds is 7. The molecule has 0 fully saturated rings. The Hall–Kier alpha value is -2.77. The van der Waals surface area contributed by atoms with E-state index in [1.807, 2.05) is 31.2 Å². The van der Waals surface area contributed by atoms with Gasteiger partial charge in [0, 0.05) is 31.2 Å². The van der Waals surface area contributed by atoms with Crippen LogP contribution in [0.15, 0.2) is 29.1 Å². The lowest BCUT2D eigenvalue weighted by Gasteiger charge is -2.16. The normalized spacial score (nSPS) is 16.2. The van der Waals surface area contributed by atoms with Crippen LogP contribution in [0.4, 0.5) is 10.5 Å². The molecule has 0 radical (unpaired) electrons. The maximum atomic E-state index is 12.6. The highest BCUT2D eigenvalue weighted by atomic mass is 16.5. The van der Waals surface area contributed by atoms with Crippen molar-refractivity contribution in [1.29, 1.82) is 0 Å². The Morgan fingerprint density at radius 3 is 2.72 bits per heavy atom. The molecule has 8 nitrogen and oxygen atoms in total. The van der Waals surface area contributed by atoms with Crippen molar-refractivity contribution in [2.45, 2.75) is 65.6 Å². The molecule has 0 bridgehead atoms. The number of nitrogens with zero attached hydrogens (tertiary/aromatic N) is 3. The number of nitrogens with one attached hydrogen (secondary N) is 2. The van der Waals surface area contributed by atoms with Crippen LogP contribution in [0.25, 0.3) is 0 Å². The zero-order valence-electron chi connectivity index (χ0n) is 17.5. The van der Waals surface area contributed by atoms with Crippen molar-refractivity contribution in [3.05, 3.63) is 40.6 Å². The molecule has 0 saturated heterocycles. The van der Waals surface area contributed by atoms with Crippen LogP contribution in [0.5, 0.6) is 5.75 Å². The number of ether oxygens (including phenoxy) is 1. The molecule has 2 N–H and O–H groups in total. The first-order valence-electron chi connectivity index (χ1n) is 10.4. The Kier molecular flexibility index (Phi) is 6.95. The first-order chi connectivity index (χ1) is 14.0. The minimum atomic E-state index is -0.243. The molecule has 0 saturated carbocycles. The van der Waals surface area contributed by atoms with E-state index in [-0.39, 0.29) is 17.8 Å². The molecule has 2 heterocycles. The molecule has 2 amide bonds. The predicted molar refractivity (Wildman–Crippen MR) is 112 cm³/mol. The van der Waals surface area contributed by atoms with Gasteiger partial charge in [0.2, 0.25) is 0 Å². The average molecular weight is 402 g/mol. The molecule has 1 aromatic carbocycles. The molecule has 158 valence electrons. The lowest BCUT2D eigenvalue weighted by molar-refractivity contribution is 0.247. The van der Waals surface area contributed by atoms with Gasteiger partial charge in [-0.15, -0.1) is 0 Å². The predicted octanol–water partition coefficient (Wildman–Crippen LogP) is 3.02. The van der Waals surface area contributed by atoms with E-state index in [0.717, 1.165) is 24.4 Å². The van der Waals surface area contributed by atoms with Gasteiger partial charge in [0.1, 0.15) is 11.6 Å². The summed E-state index contributed by atoms with van der Waals surface area (Å²) in [6.07, 6.45) is 3.08. The molecule has 1 aliphatic rings. The molecule has 0 spiro atoms. The number of hydrogen-bond acceptors (Lipinski definition) is 4. The molecule has 3 rings (SSSR count). The molecular formula is C21H31N5O3. The van der Waals surface area contributed by atoms with Crippen molar-refractivity contribution < 1.29 is 9.53 Å². The van der Waals surface area contributed by atoms with Crippen LogP contribution in [0.1, 0.15) is 45.9 Å². The maximum absolute atomic E-state index is 12.6. The zero-order valence-corrected chi connectivity index (χ0v) is 17.5. The van der Waals surface area contributed by atoms with Crippen LogP contribution >= 0.6 is 0 Å². The number of amides is 2. The highest BCUT2D eigenvalue weighted by Gasteiger charge is 2.22. The summed E-state index contributed by atoms with van der Waals surface area (Å²) < 4.78 is 8.75. The number of carbonyl (C=O) groups is 1. The summed E-state index contributed by atoms with van der Waals surface area (Å²) >= 11 is 0. The van der Waals surface area contributed by atoms with Crippen LogP contribution in [0, 0.1) is 5.92 Å². The summed E-state index contributed by atoms with van der Waals surface area (Å²) in [5.41, 5.74) is 0.667. The number of anilines is 1. The van der Waals surface area contributed by atoms with Gasteiger partial charge in [-0.25, -0.2) is 14.3 Å². The van der Waals surface area contributed by atoms with Gasteiger partial charge < -0.3 is 15.4 Å². The molecule has 2 aromatic rings. The summed E-state index contributed by atoms with van der Waals surface area (Å²) in [6.45, 7) is 8.04. The summed E-state index contributed by atoms with van der Waals surface area (Å²) in [5, 5.41) is 10.4. The first-order valence-corrected chi connectivity index (χ1v) is 10.4. The van der Waals surface area contributed by atoms with E-state index in [2.05, 4.69) is 29.6 Å². The van der Waals surface area contributed by atoms with Gasteiger partial charge in [0.15, 0.2) is 0 Å². The number of aromatic nitrogens is 3. The van der Waals surface area contributed by atoms with E-state index < -0.39 is 0 Å². The quantitative estimate of drug-likeness (QED) is 0.746. The third-order valence-corrected chi connectivity index (χ3v) is 5.09. The van der Waals surface area contributed by atoms with Gasteiger partial charge in [-0.05, 0) is 56.4 Å². The second kappa shape index (κ2) is 9.62. The monoisotopic (exact) mass is 401 g/mol. The fourth-order valence-electron chi connectivity index (χ4n) is 3.45. The third kappa shape index (κ3) is 5.62. The molecular weight excluding hydrogens is 370 g/mol. The Labute approximate surface area is 171 Å². The molecule has 29 heavy (non-hydrogen) atoms. The van der Waals surface area contributed by atoms with Gasteiger partial charge in [0.25, 0.3) is 0 Å². The minimum Gasteiger partial charge on any atom is -0.494 e. The number of aryl methyl sites for hydroxylation is 2. The van der Waals surface area contributed by atoms with Gasteiger partial charge in [-0.3, -0.25) is 4.57 Å². The number of fused-ring (bicyclic) bond motifs is 1. The van der Waals surface area contributed by atoms with Crippen molar-refractivity contribution in [2.24, 2.45) is 5.92 Å². The van der Waals surface area contributed by atoms with Crippen LogP contribution in [0.2, 0.25) is 0 Å². The molecule has 0 aliphatic carbocycles. The Morgan fingerprint density at radius 1 is 1.28 bits per heavy atom. The minimum absolute atomic E-state index is 0.00270. The zero-order chi connectivity index (χ0) is 20.8. The van der Waals surface area contributed by atoms with Crippen molar-refractivity contribution >= 4 is 11.7 Å². The lowest BCUT2D eigenvalue weighted by Crippen LogP contribution is -2.38. The van der Waals surface area contributed by atoms with Crippen LogP contribution in [-0.4, -0.2) is 33.0 Å².